The van der Waals surface area contributed by atoms with Gasteiger partial charge in [0.05, 0.1) is 14.7 Å². The Hall–Kier alpha value is -3.73. The molecular weight excluding hydrogens is 785 g/mol. The molecule has 0 amide bonds. The Kier molecular flexibility index (Phi) is 10.7. The van der Waals surface area contributed by atoms with E-state index in [1.54, 1.807) is 35.3 Å². The Morgan fingerprint density at radius 2 is 0.446 bits per heavy atom. The van der Waals surface area contributed by atoms with Gasteiger partial charge < -0.3 is 61.9 Å². The fourth-order valence-electron chi connectivity index (χ4n) is 6.51. The largest absolute Gasteiger partial charge is 0.449 e. The first kappa shape index (κ1) is 41.9. The number of ether oxygens (including phenoxy) is 12. The van der Waals surface area contributed by atoms with Gasteiger partial charge in [-0.25, -0.2) is 0 Å². The predicted molar refractivity (Wildman–Crippen MR) is 215 cm³/mol. The van der Waals surface area contributed by atoms with Crippen molar-refractivity contribution >= 4 is 35.3 Å². The Labute approximate surface area is 341 Å². The van der Waals surface area contributed by atoms with Crippen LogP contribution in [0.25, 0.3) is 0 Å². The van der Waals surface area contributed by atoms with Gasteiger partial charge >= 0.3 is 0 Å². The van der Waals surface area contributed by atoms with E-state index in [-0.39, 0.29) is 0 Å². The first-order valence-corrected chi connectivity index (χ1v) is 21.6. The number of aliphatic hydroxyl groups is 1. The summed E-state index contributed by atoms with van der Waals surface area (Å²) in [4.78, 5) is 2.79. The molecule has 6 aliphatic heterocycles. The van der Waals surface area contributed by atoms with E-state index >= 15 is 0 Å². The molecule has 1 N–H and O–H groups in total. The Balaban J connectivity index is 0.000000139. The molecule has 0 saturated heterocycles. The lowest BCUT2D eigenvalue weighted by molar-refractivity contribution is -0.0513. The number of hydrogen-bond acceptors (Lipinski definition) is 16. The maximum absolute atomic E-state index is 7.00. The molecule has 0 saturated carbocycles. The first-order valence-electron chi connectivity index (χ1n) is 17.9. The van der Waals surface area contributed by atoms with Crippen LogP contribution in [-0.4, -0.2) is 65.7 Å². The van der Waals surface area contributed by atoms with Gasteiger partial charge in [0.2, 0.25) is 34.7 Å². The van der Waals surface area contributed by atoms with Crippen LogP contribution in [0.15, 0.2) is 32.9 Å². The fourth-order valence-corrected chi connectivity index (χ4v) is 8.48. The predicted octanol–water partition coefficient (Wildman–Crippen LogP) is 9.88. The van der Waals surface area contributed by atoms with E-state index in [1.807, 2.05) is 120 Å². The van der Waals surface area contributed by atoms with Crippen molar-refractivity contribution < 1.29 is 61.9 Å². The quantitative estimate of drug-likeness (QED) is 0.251. The van der Waals surface area contributed by atoms with E-state index < -0.39 is 34.7 Å². The summed E-state index contributed by atoms with van der Waals surface area (Å²) >= 11 is 4.71. The minimum atomic E-state index is -0.641. The highest BCUT2D eigenvalue weighted by Crippen LogP contribution is 2.59. The number of benzene rings is 3. The van der Waals surface area contributed by atoms with Crippen LogP contribution in [0, 0.1) is 0 Å². The summed E-state index contributed by atoms with van der Waals surface area (Å²) in [5, 5.41) is 7.00. The van der Waals surface area contributed by atoms with Crippen molar-refractivity contribution in [3.63, 3.8) is 0 Å². The summed E-state index contributed by atoms with van der Waals surface area (Å²) in [5.74, 6) is 4.88. The molecule has 0 spiro atoms. The van der Waals surface area contributed by atoms with Crippen molar-refractivity contribution in [3.05, 3.63) is 18.2 Å². The standard InChI is InChI=1S/3C13H16O4S.CH4O/c3*1-12(2)14-7-6-8-10(17-13(3,4)15-8)11(18-5)9(7)16-12;1-2/h3*6H,1-5H3;2H,1H3. The summed E-state index contributed by atoms with van der Waals surface area (Å²) in [5.41, 5.74) is 0. The SMILES string of the molecule is CO.CSc1c2c(cc3c1OC(C)(C)O3)OC(C)(C)O2.CSc1c2c(cc3c1OC(C)(C)O3)OC(C)(C)O2.CSc1c2c(cc3c1OC(C)(C)O3)OC(C)(C)O2. The van der Waals surface area contributed by atoms with E-state index in [0.717, 1.165) is 56.3 Å². The molecule has 0 atom stereocenters. The lowest BCUT2D eigenvalue weighted by Crippen LogP contribution is -2.30. The molecule has 13 nitrogen and oxygen atoms in total. The molecule has 6 aliphatic rings. The van der Waals surface area contributed by atoms with Crippen molar-refractivity contribution in [2.75, 3.05) is 25.9 Å². The zero-order valence-corrected chi connectivity index (χ0v) is 37.3. The van der Waals surface area contributed by atoms with Crippen molar-refractivity contribution in [2.45, 2.75) is 132 Å². The van der Waals surface area contributed by atoms with Crippen LogP contribution in [0.1, 0.15) is 83.1 Å². The van der Waals surface area contributed by atoms with Gasteiger partial charge in [0.25, 0.3) is 0 Å². The second-order valence-electron chi connectivity index (χ2n) is 15.8. The smallest absolute Gasteiger partial charge is 0.246 e. The molecule has 16 heteroatoms. The van der Waals surface area contributed by atoms with Gasteiger partial charge in [-0.2, -0.15) is 0 Å². The molecule has 0 aromatic heterocycles. The third-order valence-corrected chi connectivity index (χ3v) is 10.5. The molecule has 6 heterocycles. The van der Waals surface area contributed by atoms with Gasteiger partial charge in [-0.15, -0.1) is 35.3 Å². The second kappa shape index (κ2) is 14.3. The van der Waals surface area contributed by atoms with E-state index in [2.05, 4.69) is 0 Å². The number of fused-ring (bicyclic) bond motifs is 6. The van der Waals surface area contributed by atoms with E-state index in [0.29, 0.717) is 34.5 Å². The topological polar surface area (TPSA) is 131 Å². The number of rotatable bonds is 3. The molecule has 0 bridgehead atoms. The number of aliphatic hydroxyl groups excluding tert-OH is 1. The zero-order valence-electron chi connectivity index (χ0n) is 34.8. The third-order valence-electron chi connectivity index (χ3n) is 8.20. The maximum atomic E-state index is 7.00. The molecule has 0 fully saturated rings. The summed E-state index contributed by atoms with van der Waals surface area (Å²) in [6.07, 6.45) is 5.96. The van der Waals surface area contributed by atoms with Crippen molar-refractivity contribution in [1.82, 2.24) is 0 Å². The molecule has 9 rings (SSSR count). The van der Waals surface area contributed by atoms with Crippen LogP contribution in [0.5, 0.6) is 69.0 Å². The van der Waals surface area contributed by atoms with E-state index in [1.165, 1.54) is 0 Å². The molecule has 56 heavy (non-hydrogen) atoms. The lowest BCUT2D eigenvalue weighted by atomic mass is 10.3. The molecule has 0 unspecified atom stereocenters. The van der Waals surface area contributed by atoms with Crippen LogP contribution in [0.4, 0.5) is 0 Å². The van der Waals surface area contributed by atoms with Gasteiger partial charge in [0.15, 0.2) is 69.0 Å². The van der Waals surface area contributed by atoms with Crippen LogP contribution in [0.3, 0.4) is 0 Å². The lowest BCUT2D eigenvalue weighted by Gasteiger charge is -2.18. The average Bonchev–Trinajstić information content (AvgIpc) is 3.87. The summed E-state index contributed by atoms with van der Waals surface area (Å²) < 4.78 is 69.5. The van der Waals surface area contributed by atoms with Crippen molar-refractivity contribution in [3.8, 4) is 69.0 Å². The van der Waals surface area contributed by atoms with Gasteiger partial charge in [-0.05, 0) is 18.8 Å². The molecule has 3 aromatic carbocycles. The number of thioether (sulfide) groups is 3. The number of hydrogen-bond donors (Lipinski definition) is 1. The maximum Gasteiger partial charge on any atom is 0.246 e. The summed E-state index contributed by atoms with van der Waals surface area (Å²) in [6.45, 7) is 22.6. The van der Waals surface area contributed by atoms with Gasteiger partial charge in [0.1, 0.15) is 0 Å². The Morgan fingerprint density at radius 1 is 0.304 bits per heavy atom. The highest BCUT2D eigenvalue weighted by Gasteiger charge is 2.44. The van der Waals surface area contributed by atoms with Gasteiger partial charge in [-0.3, -0.25) is 0 Å². The minimum absolute atomic E-state index is 0.641. The molecule has 0 aliphatic carbocycles. The molecular formula is C40H52O13S3. The third kappa shape index (κ3) is 8.16. The zero-order chi connectivity index (χ0) is 41.4. The van der Waals surface area contributed by atoms with Crippen LogP contribution in [0.2, 0.25) is 0 Å². The van der Waals surface area contributed by atoms with E-state index in [9.17, 15) is 0 Å². The highest BCUT2D eigenvalue weighted by molar-refractivity contribution is 7.99. The normalized spacial score (nSPS) is 20.5. The highest BCUT2D eigenvalue weighted by atomic mass is 32.2. The molecule has 308 valence electrons. The van der Waals surface area contributed by atoms with Crippen LogP contribution < -0.4 is 56.8 Å². The summed E-state index contributed by atoms with van der Waals surface area (Å²) in [7, 11) is 1.00. The van der Waals surface area contributed by atoms with Gasteiger partial charge in [0, 0.05) is 108 Å². The van der Waals surface area contributed by atoms with Crippen molar-refractivity contribution in [1.29, 1.82) is 0 Å². The van der Waals surface area contributed by atoms with Crippen LogP contribution in [-0.2, 0) is 0 Å². The molecule has 0 radical (unpaired) electrons. The minimum Gasteiger partial charge on any atom is -0.449 e. The first-order chi connectivity index (χ1) is 25.9. The Bertz CT molecular complexity index is 1670. The Morgan fingerprint density at radius 3 is 0.571 bits per heavy atom. The average molecular weight is 837 g/mol. The second-order valence-corrected chi connectivity index (χ2v) is 18.3. The van der Waals surface area contributed by atoms with Gasteiger partial charge in [-0.1, -0.05) is 0 Å². The van der Waals surface area contributed by atoms with Crippen LogP contribution >= 0.6 is 35.3 Å². The fraction of sp³-hybridized carbons (Fsp3) is 0.550. The summed E-state index contributed by atoms with van der Waals surface area (Å²) in [6, 6.07) is 5.52. The molecule has 3 aromatic rings. The monoisotopic (exact) mass is 836 g/mol. The van der Waals surface area contributed by atoms with E-state index in [4.69, 9.17) is 61.9 Å². The van der Waals surface area contributed by atoms with Crippen molar-refractivity contribution in [2.24, 2.45) is 0 Å².